The molecule has 1 heteroatoms. The molecule has 0 amide bonds. The van der Waals surface area contributed by atoms with Crippen LogP contribution in [0.2, 0.25) is 0 Å². The Balaban J connectivity index is 0.000000116. The summed E-state index contributed by atoms with van der Waals surface area (Å²) in [6.07, 6.45) is 27.5. The van der Waals surface area contributed by atoms with Crippen molar-refractivity contribution in [3.63, 3.8) is 0 Å². The van der Waals surface area contributed by atoms with Gasteiger partial charge in [-0.15, -0.1) is 0 Å². The van der Waals surface area contributed by atoms with Gasteiger partial charge in [-0.1, -0.05) is 129 Å². The van der Waals surface area contributed by atoms with E-state index in [0.717, 1.165) is 69.5 Å². The molecule has 0 aromatic heterocycles. The van der Waals surface area contributed by atoms with Crippen molar-refractivity contribution in [3.05, 3.63) is 109 Å². The number of hydrogen-bond acceptors (Lipinski definition) is 1. The lowest BCUT2D eigenvalue weighted by atomic mass is 9.33. The summed E-state index contributed by atoms with van der Waals surface area (Å²) in [4.78, 5) is 0. The van der Waals surface area contributed by atoms with Crippen molar-refractivity contribution in [1.29, 1.82) is 0 Å². The van der Waals surface area contributed by atoms with Gasteiger partial charge in [0.2, 0.25) is 0 Å². The Bertz CT molecular complexity index is 1390. The van der Waals surface area contributed by atoms with Gasteiger partial charge in [0.05, 0.1) is 0 Å². The van der Waals surface area contributed by atoms with Gasteiger partial charge in [-0.3, -0.25) is 0 Å². The first-order valence-electron chi connectivity index (χ1n) is 22.9. The van der Waals surface area contributed by atoms with Crippen LogP contribution in [-0.4, -0.2) is 14.2 Å². The Labute approximate surface area is 338 Å². The van der Waals surface area contributed by atoms with Crippen LogP contribution >= 0.6 is 0 Å². The molecule has 12 aliphatic rings. The number of benzene rings is 3. The molecule has 12 bridgehead atoms. The fraction of sp³-hybridized carbons (Fsp3) is 0.667. The molecule has 15 rings (SSSR count). The lowest BCUT2D eigenvalue weighted by Gasteiger charge is -2.72. The van der Waals surface area contributed by atoms with E-state index in [9.17, 15) is 0 Å². The fourth-order valence-electron chi connectivity index (χ4n) is 15.8. The summed E-state index contributed by atoms with van der Waals surface area (Å²) in [7, 11) is 3.25. The Hall–Kier alpha value is -2.38. The first-order valence-corrected chi connectivity index (χ1v) is 22.9. The molecule has 0 spiro atoms. The van der Waals surface area contributed by atoms with E-state index in [1.54, 1.807) is 123 Å². The summed E-state index contributed by atoms with van der Waals surface area (Å²) >= 11 is 0. The third kappa shape index (κ3) is 9.51. The first kappa shape index (κ1) is 40.8. The van der Waals surface area contributed by atoms with E-state index in [0.29, 0.717) is 5.41 Å². The van der Waals surface area contributed by atoms with Gasteiger partial charge in [-0.2, -0.15) is 0 Å². The predicted molar refractivity (Wildman–Crippen MR) is 234 cm³/mol. The molecule has 3 aromatic carbocycles. The SMILES string of the molecule is CC1(C)C2CC3CC(C2)CC1C3.CC12CC3CC(C1)CC(C14CC5CC(CC(C5)C1)C4)(C3)C2.COC.Cc1ccccc1.c1ccccc1.c1ccccc1. The second-order valence-corrected chi connectivity index (χ2v) is 21.7. The minimum absolute atomic E-state index is 0.702. The second-order valence-electron chi connectivity index (χ2n) is 21.7. The maximum Gasteiger partial charge on any atom is 0.0351 e. The van der Waals surface area contributed by atoms with E-state index in [-0.39, 0.29) is 0 Å². The maximum absolute atomic E-state index is 4.25. The summed E-state index contributed by atoms with van der Waals surface area (Å²) in [5.41, 5.74) is 4.44. The quantitative estimate of drug-likeness (QED) is 0.241. The Morgan fingerprint density at radius 2 is 0.709 bits per heavy atom. The average Bonchev–Trinajstić information content (AvgIpc) is 3.15. The molecule has 12 aliphatic carbocycles. The van der Waals surface area contributed by atoms with Gasteiger partial charge in [0.15, 0.2) is 0 Å². The van der Waals surface area contributed by atoms with Crippen molar-refractivity contribution in [1.82, 2.24) is 0 Å². The monoisotopic (exact) mass is 743 g/mol. The molecule has 0 saturated heterocycles. The molecule has 2 unspecified atom stereocenters. The number of rotatable bonds is 1. The smallest absolute Gasteiger partial charge is 0.0351 e. The predicted octanol–water partition coefficient (Wildman–Crippen LogP) is 14.9. The molecule has 12 fully saturated rings. The van der Waals surface area contributed by atoms with Gasteiger partial charge in [-0.05, 0) is 191 Å². The van der Waals surface area contributed by atoms with Crippen LogP contribution in [0.25, 0.3) is 0 Å². The van der Waals surface area contributed by atoms with E-state index >= 15 is 0 Å². The standard InChI is InChI=1S/C21H32.C12H20.C7H8.2C6H6.C2H6O/c1-19-6-17-5-18(7-19)12-21(11-17,13-19)20-8-14-2-15(9-20)4-16(3-14)10-20;1-12(2)10-4-8-3-9(6-10)7-11(12)5-8;1-7-5-3-2-4-6-7;2*1-2-4-6-5-3-1;1-3-2/h14-18H,2-13H2,1H3;8-11H,3-7H2,1-2H3;2-6H,1H3;2*1-6H;1-2H3. The van der Waals surface area contributed by atoms with Gasteiger partial charge in [0.1, 0.15) is 0 Å². The van der Waals surface area contributed by atoms with Crippen LogP contribution in [0.5, 0.6) is 0 Å². The van der Waals surface area contributed by atoms with Crippen LogP contribution in [0.15, 0.2) is 103 Å². The van der Waals surface area contributed by atoms with Crippen LogP contribution in [0, 0.1) is 81.8 Å². The molecule has 3 aromatic rings. The molecule has 55 heavy (non-hydrogen) atoms. The first-order chi connectivity index (χ1) is 26.5. The zero-order valence-corrected chi connectivity index (χ0v) is 35.9. The van der Waals surface area contributed by atoms with Gasteiger partial charge in [0, 0.05) is 14.2 Å². The van der Waals surface area contributed by atoms with Crippen molar-refractivity contribution < 1.29 is 4.74 Å². The highest BCUT2D eigenvalue weighted by atomic mass is 16.4. The van der Waals surface area contributed by atoms with Crippen LogP contribution in [-0.2, 0) is 4.74 Å². The van der Waals surface area contributed by atoms with E-state index < -0.39 is 0 Å². The Morgan fingerprint density at radius 1 is 0.400 bits per heavy atom. The van der Waals surface area contributed by atoms with Crippen molar-refractivity contribution in [3.8, 4) is 0 Å². The largest absolute Gasteiger partial charge is 0.388 e. The highest BCUT2D eigenvalue weighted by molar-refractivity contribution is 5.17. The summed E-state index contributed by atoms with van der Waals surface area (Å²) in [6, 6.07) is 34.3. The minimum Gasteiger partial charge on any atom is -0.388 e. The number of aryl methyl sites for hydroxylation is 1. The van der Waals surface area contributed by atoms with Gasteiger partial charge in [0.25, 0.3) is 0 Å². The van der Waals surface area contributed by atoms with Crippen LogP contribution < -0.4 is 0 Å². The molecule has 0 N–H and O–H groups in total. The minimum atomic E-state index is 0.702. The fourth-order valence-corrected chi connectivity index (χ4v) is 15.8. The maximum atomic E-state index is 4.25. The summed E-state index contributed by atoms with van der Waals surface area (Å²) in [5, 5.41) is 0. The molecule has 0 heterocycles. The highest BCUT2D eigenvalue weighted by Crippen LogP contribution is 2.76. The third-order valence-electron chi connectivity index (χ3n) is 17.0. The van der Waals surface area contributed by atoms with E-state index in [1.807, 2.05) is 91.0 Å². The summed E-state index contributed by atoms with van der Waals surface area (Å²) in [5.74, 6) is 10.2. The summed E-state index contributed by atoms with van der Waals surface area (Å²) < 4.78 is 4.25. The molecule has 0 radical (unpaired) electrons. The Morgan fingerprint density at radius 3 is 1.04 bits per heavy atom. The van der Waals surface area contributed by atoms with Crippen molar-refractivity contribution in [2.24, 2.45) is 74.9 Å². The lowest BCUT2D eigenvalue weighted by Crippen LogP contribution is -2.62. The number of methoxy groups -OCH3 is 1. The molecular weight excluding hydrogens is 665 g/mol. The van der Waals surface area contributed by atoms with E-state index in [1.165, 1.54) is 5.56 Å². The molecule has 300 valence electrons. The van der Waals surface area contributed by atoms with Gasteiger partial charge < -0.3 is 4.74 Å². The van der Waals surface area contributed by atoms with Gasteiger partial charge in [-0.25, -0.2) is 0 Å². The third-order valence-corrected chi connectivity index (χ3v) is 17.0. The van der Waals surface area contributed by atoms with Gasteiger partial charge >= 0.3 is 0 Å². The zero-order valence-electron chi connectivity index (χ0n) is 35.9. The summed E-state index contributed by atoms with van der Waals surface area (Å²) in [6.45, 7) is 9.82. The zero-order chi connectivity index (χ0) is 38.5. The molecule has 1 nitrogen and oxygen atoms in total. The normalized spacial score (nSPS) is 40.7. The highest BCUT2D eigenvalue weighted by Gasteiger charge is 2.66. The van der Waals surface area contributed by atoms with Crippen molar-refractivity contribution >= 4 is 0 Å². The lowest BCUT2D eigenvalue weighted by molar-refractivity contribution is -0.217. The van der Waals surface area contributed by atoms with E-state index in [2.05, 4.69) is 44.6 Å². The van der Waals surface area contributed by atoms with E-state index in [4.69, 9.17) is 0 Å². The molecule has 12 saturated carbocycles. The van der Waals surface area contributed by atoms with Crippen molar-refractivity contribution in [2.75, 3.05) is 14.2 Å². The number of hydrogen-bond donors (Lipinski definition) is 0. The molecule has 2 atom stereocenters. The van der Waals surface area contributed by atoms with Crippen LogP contribution in [0.4, 0.5) is 0 Å². The number of ether oxygens (including phenoxy) is 1. The Kier molecular flexibility index (Phi) is 13.1. The van der Waals surface area contributed by atoms with Crippen LogP contribution in [0.1, 0.15) is 135 Å². The van der Waals surface area contributed by atoms with Crippen LogP contribution in [0.3, 0.4) is 0 Å². The average molecular weight is 743 g/mol. The van der Waals surface area contributed by atoms with Crippen molar-refractivity contribution in [2.45, 2.75) is 137 Å². The molecule has 0 aliphatic heterocycles. The second kappa shape index (κ2) is 17.6. The molecular formula is C54H78O. The topological polar surface area (TPSA) is 9.23 Å².